The van der Waals surface area contributed by atoms with E-state index in [1.54, 1.807) is 11.3 Å². The van der Waals surface area contributed by atoms with Gasteiger partial charge < -0.3 is 9.80 Å². The van der Waals surface area contributed by atoms with Gasteiger partial charge in [-0.3, -0.25) is 4.79 Å². The van der Waals surface area contributed by atoms with Crippen molar-refractivity contribution in [3.8, 4) is 10.4 Å². The van der Waals surface area contributed by atoms with E-state index in [0.29, 0.717) is 6.04 Å². The fourth-order valence-corrected chi connectivity index (χ4v) is 5.16. The number of likely N-dealkylation sites (tertiary alicyclic amines) is 2. The van der Waals surface area contributed by atoms with Gasteiger partial charge in [0.15, 0.2) is 0 Å². The van der Waals surface area contributed by atoms with Gasteiger partial charge in [-0.05, 0) is 68.6 Å². The Hall–Kier alpha value is -1.17. The van der Waals surface area contributed by atoms with Gasteiger partial charge >= 0.3 is 0 Å². The zero-order valence-corrected chi connectivity index (χ0v) is 16.7. The zero-order chi connectivity index (χ0) is 17.2. The molecule has 2 aromatic rings. The number of hydrogen-bond acceptors (Lipinski definition) is 3. The maximum atomic E-state index is 12.8. The summed E-state index contributed by atoms with van der Waals surface area (Å²) in [4.78, 5) is 19.5. The van der Waals surface area contributed by atoms with E-state index in [2.05, 4.69) is 39.0 Å². The number of rotatable bonds is 3. The number of halogens is 1. The molecule has 0 spiro atoms. The zero-order valence-electron chi connectivity index (χ0n) is 14.3. The Morgan fingerprint density at radius 2 is 1.64 bits per heavy atom. The third kappa shape index (κ3) is 3.83. The summed E-state index contributed by atoms with van der Waals surface area (Å²) in [6, 6.07) is 13.0. The molecule has 1 aromatic carbocycles. The first-order valence-corrected chi connectivity index (χ1v) is 10.7. The largest absolute Gasteiger partial charge is 0.338 e. The molecule has 132 valence electrons. The minimum absolute atomic E-state index is 0.202. The minimum Gasteiger partial charge on any atom is -0.338 e. The van der Waals surface area contributed by atoms with Gasteiger partial charge in [-0.15, -0.1) is 11.3 Å². The molecule has 4 rings (SSSR count). The first-order chi connectivity index (χ1) is 12.2. The second kappa shape index (κ2) is 7.60. The first-order valence-electron chi connectivity index (χ1n) is 9.10. The molecule has 3 nitrogen and oxygen atoms in total. The molecule has 0 aliphatic carbocycles. The van der Waals surface area contributed by atoms with E-state index in [9.17, 15) is 4.79 Å². The lowest BCUT2D eigenvalue weighted by atomic mass is 10.0. The van der Waals surface area contributed by atoms with Crippen LogP contribution in [0.15, 0.2) is 40.9 Å². The SMILES string of the molecule is O=C(c1ccc(-c2ccc(Br)cc2)s1)N1CCC(N2CCCC2)CC1. The predicted molar refractivity (Wildman–Crippen MR) is 107 cm³/mol. The Morgan fingerprint density at radius 3 is 2.32 bits per heavy atom. The second-order valence-electron chi connectivity index (χ2n) is 6.94. The van der Waals surface area contributed by atoms with Crippen molar-refractivity contribution in [2.45, 2.75) is 31.7 Å². The van der Waals surface area contributed by atoms with Crippen molar-refractivity contribution in [3.05, 3.63) is 45.7 Å². The third-order valence-electron chi connectivity index (χ3n) is 5.35. The fourth-order valence-electron chi connectivity index (χ4n) is 3.92. The highest BCUT2D eigenvalue weighted by molar-refractivity contribution is 9.10. The van der Waals surface area contributed by atoms with Crippen LogP contribution in [0.1, 0.15) is 35.4 Å². The summed E-state index contributed by atoms with van der Waals surface area (Å²) < 4.78 is 1.07. The summed E-state index contributed by atoms with van der Waals surface area (Å²) in [6.45, 7) is 4.29. The molecule has 2 fully saturated rings. The van der Waals surface area contributed by atoms with Crippen LogP contribution in [0.3, 0.4) is 0 Å². The van der Waals surface area contributed by atoms with E-state index in [-0.39, 0.29) is 5.91 Å². The molecule has 0 bridgehead atoms. The molecule has 0 N–H and O–H groups in total. The maximum absolute atomic E-state index is 12.8. The van der Waals surface area contributed by atoms with Gasteiger partial charge in [-0.1, -0.05) is 28.1 Å². The van der Waals surface area contributed by atoms with Crippen molar-refractivity contribution in [1.29, 1.82) is 0 Å². The molecular weight excluding hydrogens is 396 g/mol. The maximum Gasteiger partial charge on any atom is 0.263 e. The van der Waals surface area contributed by atoms with Crippen LogP contribution < -0.4 is 0 Å². The Bertz CT molecular complexity index is 728. The number of nitrogens with zero attached hydrogens (tertiary/aromatic N) is 2. The molecule has 3 heterocycles. The summed E-state index contributed by atoms with van der Waals surface area (Å²) in [5, 5.41) is 0. The Kier molecular flexibility index (Phi) is 5.25. The number of carbonyl (C=O) groups is 1. The molecule has 0 atom stereocenters. The molecule has 2 aliphatic rings. The highest BCUT2D eigenvalue weighted by Crippen LogP contribution is 2.30. The second-order valence-corrected chi connectivity index (χ2v) is 8.94. The lowest BCUT2D eigenvalue weighted by molar-refractivity contribution is 0.0649. The molecular formula is C20H23BrN2OS. The van der Waals surface area contributed by atoms with Crippen LogP contribution in [-0.4, -0.2) is 47.9 Å². The lowest BCUT2D eigenvalue weighted by Crippen LogP contribution is -2.45. The van der Waals surface area contributed by atoms with E-state index in [1.807, 2.05) is 23.1 Å². The van der Waals surface area contributed by atoms with E-state index in [0.717, 1.165) is 40.2 Å². The Morgan fingerprint density at radius 1 is 0.960 bits per heavy atom. The van der Waals surface area contributed by atoms with Crippen molar-refractivity contribution in [3.63, 3.8) is 0 Å². The van der Waals surface area contributed by atoms with Crippen molar-refractivity contribution in [2.75, 3.05) is 26.2 Å². The van der Waals surface area contributed by atoms with E-state index < -0.39 is 0 Å². The van der Waals surface area contributed by atoms with Crippen molar-refractivity contribution in [1.82, 2.24) is 9.80 Å². The van der Waals surface area contributed by atoms with Gasteiger partial charge in [-0.2, -0.15) is 0 Å². The van der Waals surface area contributed by atoms with Crippen LogP contribution in [0.4, 0.5) is 0 Å². The molecule has 25 heavy (non-hydrogen) atoms. The summed E-state index contributed by atoms with van der Waals surface area (Å²) in [6.07, 6.45) is 4.92. The van der Waals surface area contributed by atoms with Gasteiger partial charge in [0, 0.05) is 28.5 Å². The number of piperidine rings is 1. The highest BCUT2D eigenvalue weighted by atomic mass is 79.9. The minimum atomic E-state index is 0.202. The number of benzene rings is 1. The van der Waals surface area contributed by atoms with Crippen molar-refractivity contribution >= 4 is 33.2 Å². The topological polar surface area (TPSA) is 23.6 Å². The van der Waals surface area contributed by atoms with Gasteiger partial charge in [0.2, 0.25) is 0 Å². The molecule has 1 amide bonds. The average molecular weight is 419 g/mol. The van der Waals surface area contributed by atoms with Gasteiger partial charge in [0.25, 0.3) is 5.91 Å². The summed E-state index contributed by atoms with van der Waals surface area (Å²) in [5.41, 5.74) is 1.17. The highest BCUT2D eigenvalue weighted by Gasteiger charge is 2.29. The fraction of sp³-hybridized carbons (Fsp3) is 0.450. The molecule has 0 radical (unpaired) electrons. The lowest BCUT2D eigenvalue weighted by Gasteiger charge is -2.36. The smallest absolute Gasteiger partial charge is 0.263 e. The van der Waals surface area contributed by atoms with Crippen LogP contribution >= 0.6 is 27.3 Å². The number of thiophene rings is 1. The molecule has 0 saturated carbocycles. The summed E-state index contributed by atoms with van der Waals surface area (Å²) in [7, 11) is 0. The van der Waals surface area contributed by atoms with Crippen LogP contribution in [0.5, 0.6) is 0 Å². The quantitative estimate of drug-likeness (QED) is 0.708. The van der Waals surface area contributed by atoms with Crippen molar-refractivity contribution in [2.24, 2.45) is 0 Å². The standard InChI is InChI=1S/C20H23BrN2OS/c21-16-5-3-15(4-6-16)18-7-8-19(25-18)20(24)23-13-9-17(10-14-23)22-11-1-2-12-22/h3-8,17H,1-2,9-14H2. The van der Waals surface area contributed by atoms with Crippen LogP contribution in [0.25, 0.3) is 10.4 Å². The van der Waals surface area contributed by atoms with Crippen molar-refractivity contribution < 1.29 is 4.79 Å². The van der Waals surface area contributed by atoms with Crippen LogP contribution in [0, 0.1) is 0 Å². The molecule has 2 aliphatic heterocycles. The summed E-state index contributed by atoms with van der Waals surface area (Å²) in [5.74, 6) is 0.202. The number of hydrogen-bond donors (Lipinski definition) is 0. The molecule has 0 unspecified atom stereocenters. The van der Waals surface area contributed by atoms with E-state index >= 15 is 0 Å². The van der Waals surface area contributed by atoms with Crippen LogP contribution in [-0.2, 0) is 0 Å². The monoisotopic (exact) mass is 418 g/mol. The average Bonchev–Trinajstić information content (AvgIpc) is 3.34. The Labute approximate surface area is 161 Å². The Balaban J connectivity index is 1.39. The third-order valence-corrected chi connectivity index (χ3v) is 7.01. The predicted octanol–water partition coefficient (Wildman–Crippen LogP) is 4.88. The normalized spacial score (nSPS) is 19.5. The summed E-state index contributed by atoms with van der Waals surface area (Å²) >= 11 is 5.07. The molecule has 2 saturated heterocycles. The number of amides is 1. The number of carbonyl (C=O) groups excluding carboxylic acids is 1. The first kappa shape index (κ1) is 17.3. The van der Waals surface area contributed by atoms with Gasteiger partial charge in [0.1, 0.15) is 0 Å². The molecule has 1 aromatic heterocycles. The van der Waals surface area contributed by atoms with Gasteiger partial charge in [0.05, 0.1) is 4.88 Å². The van der Waals surface area contributed by atoms with E-state index in [4.69, 9.17) is 0 Å². The van der Waals surface area contributed by atoms with Gasteiger partial charge in [-0.25, -0.2) is 0 Å². The molecule has 5 heteroatoms. The van der Waals surface area contributed by atoms with Crippen LogP contribution in [0.2, 0.25) is 0 Å². The van der Waals surface area contributed by atoms with E-state index in [1.165, 1.54) is 31.5 Å².